The van der Waals surface area contributed by atoms with Crippen molar-refractivity contribution in [3.8, 4) is 0 Å². The molecule has 0 saturated carbocycles. The Bertz CT molecular complexity index is 921. The molecule has 134 valence electrons. The maximum atomic E-state index is 13.2. The minimum Gasteiger partial charge on any atom is -0.376 e. The van der Waals surface area contributed by atoms with Gasteiger partial charge < -0.3 is 4.74 Å². The number of rotatable bonds is 4. The fraction of sp³-hybridized carbons (Fsp3) is 0.263. The van der Waals surface area contributed by atoms with Gasteiger partial charge in [0.15, 0.2) is 5.13 Å². The second-order valence-corrected chi connectivity index (χ2v) is 7.97. The van der Waals surface area contributed by atoms with Crippen LogP contribution in [0.2, 0.25) is 10.0 Å². The molecule has 0 aliphatic carbocycles. The van der Waals surface area contributed by atoms with Crippen LogP contribution in [0.3, 0.4) is 0 Å². The quantitative estimate of drug-likeness (QED) is 0.579. The van der Waals surface area contributed by atoms with Crippen molar-refractivity contribution in [2.75, 3.05) is 18.1 Å². The van der Waals surface area contributed by atoms with E-state index in [1.54, 1.807) is 23.1 Å². The molecule has 26 heavy (non-hydrogen) atoms. The number of fused-ring (bicyclic) bond motifs is 1. The SMILES string of the molecule is O=C(c1ccc(Cl)c(Cl)c1)N(C[C@@H]1CCCO1)c1nc2ccccc2s1. The lowest BCUT2D eigenvalue weighted by atomic mass is 10.1. The third-order valence-electron chi connectivity index (χ3n) is 4.34. The molecule has 1 atom stereocenters. The van der Waals surface area contributed by atoms with Gasteiger partial charge in [-0.05, 0) is 43.2 Å². The van der Waals surface area contributed by atoms with Crippen LogP contribution in [0.1, 0.15) is 23.2 Å². The summed E-state index contributed by atoms with van der Waals surface area (Å²) in [6, 6.07) is 12.8. The lowest BCUT2D eigenvalue weighted by Gasteiger charge is -2.23. The van der Waals surface area contributed by atoms with E-state index in [0.717, 1.165) is 29.7 Å². The lowest BCUT2D eigenvalue weighted by Crippen LogP contribution is -2.37. The summed E-state index contributed by atoms with van der Waals surface area (Å²) in [5, 5.41) is 1.45. The highest BCUT2D eigenvalue weighted by Gasteiger charge is 2.27. The molecule has 0 spiro atoms. The van der Waals surface area contributed by atoms with Crippen LogP contribution in [-0.4, -0.2) is 30.1 Å². The summed E-state index contributed by atoms with van der Waals surface area (Å²) in [6.45, 7) is 1.21. The molecule has 1 amide bonds. The first kappa shape index (κ1) is 17.7. The summed E-state index contributed by atoms with van der Waals surface area (Å²) in [4.78, 5) is 19.6. The molecule has 1 aliphatic heterocycles. The summed E-state index contributed by atoms with van der Waals surface area (Å²) in [5.41, 5.74) is 1.36. The normalized spacial score (nSPS) is 16.9. The van der Waals surface area contributed by atoms with Crippen LogP contribution in [-0.2, 0) is 4.74 Å². The smallest absolute Gasteiger partial charge is 0.260 e. The van der Waals surface area contributed by atoms with Crippen LogP contribution in [0.5, 0.6) is 0 Å². The Morgan fingerprint density at radius 2 is 2.08 bits per heavy atom. The van der Waals surface area contributed by atoms with Crippen molar-refractivity contribution >= 4 is 55.8 Å². The Hall–Kier alpha value is -1.66. The van der Waals surface area contributed by atoms with Crippen molar-refractivity contribution in [2.24, 2.45) is 0 Å². The largest absolute Gasteiger partial charge is 0.376 e. The van der Waals surface area contributed by atoms with Gasteiger partial charge in [0, 0.05) is 12.2 Å². The van der Waals surface area contributed by atoms with Gasteiger partial charge >= 0.3 is 0 Å². The van der Waals surface area contributed by atoms with E-state index in [1.807, 2.05) is 24.3 Å². The Morgan fingerprint density at radius 3 is 2.81 bits per heavy atom. The minimum atomic E-state index is -0.155. The molecule has 4 nitrogen and oxygen atoms in total. The highest BCUT2D eigenvalue weighted by molar-refractivity contribution is 7.22. The number of hydrogen-bond donors (Lipinski definition) is 0. The summed E-state index contributed by atoms with van der Waals surface area (Å²) in [5.74, 6) is -0.155. The Balaban J connectivity index is 1.71. The van der Waals surface area contributed by atoms with Crippen LogP contribution in [0.4, 0.5) is 5.13 Å². The lowest BCUT2D eigenvalue weighted by molar-refractivity contribution is 0.0917. The minimum absolute atomic E-state index is 0.0220. The predicted octanol–water partition coefficient (Wildman–Crippen LogP) is 5.43. The van der Waals surface area contributed by atoms with E-state index in [-0.39, 0.29) is 12.0 Å². The zero-order chi connectivity index (χ0) is 18.1. The topological polar surface area (TPSA) is 42.4 Å². The zero-order valence-electron chi connectivity index (χ0n) is 13.8. The number of anilines is 1. The highest BCUT2D eigenvalue weighted by Crippen LogP contribution is 2.31. The summed E-state index contributed by atoms with van der Waals surface area (Å²) < 4.78 is 6.79. The number of aromatic nitrogens is 1. The molecule has 1 saturated heterocycles. The van der Waals surface area contributed by atoms with Gasteiger partial charge in [0.05, 0.1) is 32.9 Å². The number of benzene rings is 2. The third kappa shape index (κ3) is 3.58. The molecule has 1 aromatic heterocycles. The molecule has 1 aliphatic rings. The molecule has 2 aromatic carbocycles. The Kier molecular flexibility index (Phi) is 5.14. The van der Waals surface area contributed by atoms with Crippen LogP contribution >= 0.6 is 34.5 Å². The van der Waals surface area contributed by atoms with Crippen molar-refractivity contribution in [2.45, 2.75) is 18.9 Å². The van der Waals surface area contributed by atoms with Crippen molar-refractivity contribution in [1.29, 1.82) is 0 Å². The van der Waals surface area contributed by atoms with Gasteiger partial charge in [-0.25, -0.2) is 4.98 Å². The summed E-state index contributed by atoms with van der Waals surface area (Å²) >= 11 is 13.6. The zero-order valence-corrected chi connectivity index (χ0v) is 16.2. The molecule has 0 radical (unpaired) electrons. The molecule has 1 fully saturated rings. The fourth-order valence-corrected chi connectivity index (χ4v) is 4.27. The van der Waals surface area contributed by atoms with Gasteiger partial charge in [-0.3, -0.25) is 9.69 Å². The maximum Gasteiger partial charge on any atom is 0.260 e. The van der Waals surface area contributed by atoms with E-state index in [1.165, 1.54) is 11.3 Å². The van der Waals surface area contributed by atoms with Crippen molar-refractivity contribution in [1.82, 2.24) is 4.98 Å². The summed E-state index contributed by atoms with van der Waals surface area (Å²) in [7, 11) is 0. The van der Waals surface area contributed by atoms with Gasteiger partial charge in [-0.2, -0.15) is 0 Å². The van der Waals surface area contributed by atoms with Gasteiger partial charge in [0.2, 0.25) is 0 Å². The molecular formula is C19H16Cl2N2O2S. The number of halogens is 2. The molecule has 0 unspecified atom stereocenters. The van der Waals surface area contributed by atoms with E-state index < -0.39 is 0 Å². The average Bonchev–Trinajstić information content (AvgIpc) is 3.30. The van der Waals surface area contributed by atoms with Gasteiger partial charge in [-0.15, -0.1) is 0 Å². The van der Waals surface area contributed by atoms with E-state index in [9.17, 15) is 4.79 Å². The molecule has 2 heterocycles. The van der Waals surface area contributed by atoms with Crippen molar-refractivity contribution in [3.05, 3.63) is 58.1 Å². The number of ether oxygens (including phenoxy) is 1. The maximum absolute atomic E-state index is 13.2. The molecular weight excluding hydrogens is 391 g/mol. The van der Waals surface area contributed by atoms with Crippen molar-refractivity contribution in [3.63, 3.8) is 0 Å². The van der Waals surface area contributed by atoms with E-state index in [0.29, 0.717) is 27.3 Å². The first-order valence-electron chi connectivity index (χ1n) is 8.36. The Morgan fingerprint density at radius 1 is 1.23 bits per heavy atom. The Labute approximate surface area is 165 Å². The predicted molar refractivity (Wildman–Crippen MR) is 107 cm³/mol. The van der Waals surface area contributed by atoms with Crippen LogP contribution in [0.25, 0.3) is 10.2 Å². The average molecular weight is 407 g/mol. The van der Waals surface area contributed by atoms with E-state index in [2.05, 4.69) is 4.98 Å². The van der Waals surface area contributed by atoms with Crippen LogP contribution < -0.4 is 4.90 Å². The highest BCUT2D eigenvalue weighted by atomic mass is 35.5. The monoisotopic (exact) mass is 406 g/mol. The van der Waals surface area contributed by atoms with E-state index >= 15 is 0 Å². The molecule has 0 bridgehead atoms. The van der Waals surface area contributed by atoms with Crippen LogP contribution in [0.15, 0.2) is 42.5 Å². The first-order valence-corrected chi connectivity index (χ1v) is 9.93. The van der Waals surface area contributed by atoms with Crippen molar-refractivity contribution < 1.29 is 9.53 Å². The fourth-order valence-electron chi connectivity index (χ4n) is 3.00. The molecule has 7 heteroatoms. The number of carbonyl (C=O) groups is 1. The first-order chi connectivity index (χ1) is 12.6. The van der Waals surface area contributed by atoms with Gasteiger partial charge in [0.1, 0.15) is 0 Å². The molecule has 4 rings (SSSR count). The molecule has 3 aromatic rings. The number of carbonyl (C=O) groups excluding carboxylic acids is 1. The number of nitrogens with zero attached hydrogens (tertiary/aromatic N) is 2. The van der Waals surface area contributed by atoms with Gasteiger partial charge in [0.25, 0.3) is 5.91 Å². The van der Waals surface area contributed by atoms with E-state index in [4.69, 9.17) is 27.9 Å². The van der Waals surface area contributed by atoms with Crippen LogP contribution in [0, 0.1) is 0 Å². The molecule has 0 N–H and O–H groups in total. The third-order valence-corrected chi connectivity index (χ3v) is 6.13. The number of amides is 1. The number of hydrogen-bond acceptors (Lipinski definition) is 4. The standard InChI is InChI=1S/C19H16Cl2N2O2S/c20-14-8-7-12(10-15(14)21)18(24)23(11-13-4-3-9-25-13)19-22-16-5-1-2-6-17(16)26-19/h1-2,5-8,10,13H,3-4,9,11H2/t13-/m0/s1. The second-order valence-electron chi connectivity index (χ2n) is 6.14. The van der Waals surface area contributed by atoms with Gasteiger partial charge in [-0.1, -0.05) is 46.7 Å². The second kappa shape index (κ2) is 7.53. The summed E-state index contributed by atoms with van der Waals surface area (Å²) in [6.07, 6.45) is 1.98. The number of thiazole rings is 1. The number of para-hydroxylation sites is 1.